The molecule has 0 amide bonds. The Morgan fingerprint density at radius 1 is 1.25 bits per heavy atom. The largest absolute Gasteiger partial charge is 0.516 e. The Morgan fingerprint density at radius 3 is 2.36 bits per heavy atom. The molecule has 0 saturated heterocycles. The highest BCUT2D eigenvalue weighted by atomic mass is 35.5. The molecule has 0 unspecified atom stereocenters. The van der Waals surface area contributed by atoms with Crippen LogP contribution in [0.2, 0.25) is 9.49 Å². The number of azo groups is 1. The number of hydrogen-bond acceptors (Lipinski definition) is 8. The van der Waals surface area contributed by atoms with Gasteiger partial charge in [-0.15, -0.1) is 22.0 Å². The molecule has 0 fully saturated rings. The van der Waals surface area contributed by atoms with Crippen LogP contribution >= 0.6 is 46.3 Å². The maximum absolute atomic E-state index is 12.8. The molecule has 0 radical (unpaired) electrons. The number of hydrogen-bond donors (Lipinski definition) is 1. The van der Waals surface area contributed by atoms with Crippen LogP contribution in [0.4, 0.5) is 35.4 Å². The predicted molar refractivity (Wildman–Crippen MR) is 107 cm³/mol. The third-order valence-electron chi connectivity index (χ3n) is 3.11. The van der Waals surface area contributed by atoms with Crippen molar-refractivity contribution < 1.29 is 21.6 Å². The second-order valence-corrected chi connectivity index (χ2v) is 9.71. The van der Waals surface area contributed by atoms with Gasteiger partial charge in [-0.3, -0.25) is 4.72 Å². The Kier molecular flexibility index (Phi) is 7.08. The summed E-state index contributed by atoms with van der Waals surface area (Å²) in [6.07, 6.45) is 1.75. The Hall–Kier alpha value is -1.28. The van der Waals surface area contributed by atoms with E-state index in [2.05, 4.69) is 15.2 Å². The molecule has 154 valence electrons. The van der Waals surface area contributed by atoms with Gasteiger partial charge in [-0.1, -0.05) is 34.5 Å². The highest BCUT2D eigenvalue weighted by Gasteiger charge is 2.46. The number of nitrogens with zero attached hydrogens (tertiary/aromatic N) is 4. The maximum Gasteiger partial charge on any atom is 0.516 e. The third kappa shape index (κ3) is 5.20. The summed E-state index contributed by atoms with van der Waals surface area (Å²) in [6, 6.07) is 2.65. The molecule has 0 aliphatic heterocycles. The first-order valence-electron chi connectivity index (χ1n) is 7.07. The number of anilines is 2. The average Bonchev–Trinajstić information content (AvgIpc) is 2.89. The topological polar surface area (TPSA) is 87.0 Å². The van der Waals surface area contributed by atoms with E-state index in [1.165, 1.54) is 28.6 Å². The molecule has 0 saturated carbocycles. The van der Waals surface area contributed by atoms with Crippen LogP contribution in [0.5, 0.6) is 0 Å². The zero-order valence-corrected chi connectivity index (χ0v) is 18.3. The van der Waals surface area contributed by atoms with Gasteiger partial charge >= 0.3 is 15.5 Å². The van der Waals surface area contributed by atoms with E-state index in [1.807, 2.05) is 0 Å². The van der Waals surface area contributed by atoms with Gasteiger partial charge in [0.15, 0.2) is 5.15 Å². The number of thioether (sulfide) groups is 1. The second kappa shape index (κ2) is 8.61. The van der Waals surface area contributed by atoms with Gasteiger partial charge in [0.1, 0.15) is 10.0 Å². The van der Waals surface area contributed by atoms with Crippen LogP contribution in [0, 0.1) is 0 Å². The number of rotatable bonds is 6. The molecule has 7 nitrogen and oxygen atoms in total. The first-order chi connectivity index (χ1) is 12.9. The average molecular weight is 494 g/mol. The Bertz CT molecular complexity index is 990. The predicted octanol–water partition coefficient (Wildman–Crippen LogP) is 5.91. The standard InChI is InChI=1S/C13H12Cl2F3N5O2S3/c1-23(2)8-4-7(22-28(24,25)13(16,17)18)6(5-9(8)26-3)20-21-12-19-10(14)11(15)27-12/h4-5,22H,1-3H3. The summed E-state index contributed by atoms with van der Waals surface area (Å²) in [6.45, 7) is 0. The van der Waals surface area contributed by atoms with Crippen LogP contribution in [0.1, 0.15) is 0 Å². The Balaban J connectivity index is 2.58. The highest BCUT2D eigenvalue weighted by Crippen LogP contribution is 2.41. The minimum absolute atomic E-state index is 0.00590. The van der Waals surface area contributed by atoms with E-state index in [1.54, 1.807) is 25.3 Å². The van der Waals surface area contributed by atoms with Crippen molar-refractivity contribution in [3.8, 4) is 0 Å². The second-order valence-electron chi connectivity index (χ2n) is 5.25. The van der Waals surface area contributed by atoms with E-state index < -0.39 is 21.2 Å². The molecular weight excluding hydrogens is 482 g/mol. The molecule has 1 aromatic heterocycles. The molecule has 0 spiro atoms. The van der Waals surface area contributed by atoms with Crippen molar-refractivity contribution in [1.29, 1.82) is 0 Å². The van der Waals surface area contributed by atoms with Gasteiger partial charge < -0.3 is 4.90 Å². The van der Waals surface area contributed by atoms with E-state index in [0.717, 1.165) is 11.3 Å². The molecule has 1 aromatic carbocycles. The van der Waals surface area contributed by atoms with Crippen LogP contribution in [0.15, 0.2) is 27.3 Å². The molecule has 1 N–H and O–H groups in total. The normalized spacial score (nSPS) is 12.6. The van der Waals surface area contributed by atoms with Crippen LogP contribution in [0.25, 0.3) is 0 Å². The van der Waals surface area contributed by atoms with E-state index >= 15 is 0 Å². The zero-order valence-electron chi connectivity index (χ0n) is 14.4. The first kappa shape index (κ1) is 23.0. The van der Waals surface area contributed by atoms with Crippen LogP contribution in [-0.2, 0) is 10.0 Å². The summed E-state index contributed by atoms with van der Waals surface area (Å²) >= 11 is 13.7. The van der Waals surface area contributed by atoms with Gasteiger partial charge in [0, 0.05) is 19.0 Å². The number of aromatic nitrogens is 1. The van der Waals surface area contributed by atoms with Crippen molar-refractivity contribution in [2.75, 3.05) is 30.0 Å². The number of alkyl halides is 3. The number of halogens is 5. The van der Waals surface area contributed by atoms with Gasteiger partial charge in [0.2, 0.25) is 5.13 Å². The van der Waals surface area contributed by atoms with Crippen LogP contribution in [-0.4, -0.2) is 39.3 Å². The lowest BCUT2D eigenvalue weighted by Gasteiger charge is -2.20. The molecule has 15 heteroatoms. The Labute approximate surface area is 177 Å². The van der Waals surface area contributed by atoms with E-state index in [9.17, 15) is 21.6 Å². The molecule has 0 bridgehead atoms. The fraction of sp³-hybridized carbons (Fsp3) is 0.308. The third-order valence-corrected chi connectivity index (χ3v) is 6.59. The summed E-state index contributed by atoms with van der Waals surface area (Å²) in [5.74, 6) is 0. The van der Waals surface area contributed by atoms with Gasteiger partial charge in [0.05, 0.1) is 11.4 Å². The van der Waals surface area contributed by atoms with Gasteiger partial charge in [0.25, 0.3) is 0 Å². The minimum Gasteiger partial charge on any atom is -0.377 e. The van der Waals surface area contributed by atoms with Crippen molar-refractivity contribution in [2.24, 2.45) is 10.2 Å². The fourth-order valence-electron chi connectivity index (χ4n) is 1.85. The molecule has 2 rings (SSSR count). The van der Waals surface area contributed by atoms with Gasteiger partial charge in [-0.25, -0.2) is 4.98 Å². The van der Waals surface area contributed by atoms with Crippen molar-refractivity contribution in [3.05, 3.63) is 21.6 Å². The molecule has 0 aliphatic carbocycles. The van der Waals surface area contributed by atoms with Crippen molar-refractivity contribution in [2.45, 2.75) is 10.4 Å². The summed E-state index contributed by atoms with van der Waals surface area (Å²) in [5.41, 5.74) is -5.53. The first-order valence-corrected chi connectivity index (χ1v) is 11.4. The molecule has 28 heavy (non-hydrogen) atoms. The summed E-state index contributed by atoms with van der Waals surface area (Å²) < 4.78 is 63.2. The monoisotopic (exact) mass is 493 g/mol. The lowest BCUT2D eigenvalue weighted by atomic mass is 10.2. The molecule has 0 atom stereocenters. The lowest BCUT2D eigenvalue weighted by molar-refractivity contribution is -0.0429. The zero-order chi connectivity index (χ0) is 21.3. The number of thiazole rings is 1. The quantitative estimate of drug-likeness (QED) is 0.398. The van der Waals surface area contributed by atoms with Crippen molar-refractivity contribution >= 4 is 78.5 Å². The van der Waals surface area contributed by atoms with E-state index in [-0.39, 0.29) is 20.3 Å². The number of nitrogens with one attached hydrogen (secondary N) is 1. The van der Waals surface area contributed by atoms with Crippen LogP contribution in [0.3, 0.4) is 0 Å². The SMILES string of the molecule is CSc1cc(N=Nc2nc(Cl)c(Cl)s2)c(NS(=O)(=O)C(F)(F)F)cc1N(C)C. The van der Waals surface area contributed by atoms with E-state index in [4.69, 9.17) is 23.2 Å². The minimum atomic E-state index is -5.65. The lowest BCUT2D eigenvalue weighted by Crippen LogP contribution is -2.30. The molecule has 1 heterocycles. The van der Waals surface area contributed by atoms with E-state index in [0.29, 0.717) is 10.6 Å². The fourth-order valence-corrected chi connectivity index (χ4v) is 4.10. The molecule has 0 aliphatic rings. The van der Waals surface area contributed by atoms with Crippen molar-refractivity contribution in [3.63, 3.8) is 0 Å². The maximum atomic E-state index is 12.8. The smallest absolute Gasteiger partial charge is 0.377 e. The summed E-state index contributed by atoms with van der Waals surface area (Å²) in [5, 5.41) is 7.68. The number of sulfonamides is 1. The summed E-state index contributed by atoms with van der Waals surface area (Å²) in [4.78, 5) is 6.08. The molecule has 2 aromatic rings. The van der Waals surface area contributed by atoms with Crippen molar-refractivity contribution in [1.82, 2.24) is 4.98 Å². The Morgan fingerprint density at radius 2 is 1.89 bits per heavy atom. The van der Waals surface area contributed by atoms with Gasteiger partial charge in [-0.2, -0.15) is 21.6 Å². The molecular formula is C13H12Cl2F3N5O2S3. The highest BCUT2D eigenvalue weighted by molar-refractivity contribution is 7.98. The van der Waals surface area contributed by atoms with Crippen LogP contribution < -0.4 is 9.62 Å². The summed E-state index contributed by atoms with van der Waals surface area (Å²) in [7, 11) is -2.32. The number of benzene rings is 1. The van der Waals surface area contributed by atoms with Gasteiger partial charge in [-0.05, 0) is 18.4 Å².